The van der Waals surface area contributed by atoms with Crippen LogP contribution in [0.1, 0.15) is 29.6 Å². The van der Waals surface area contributed by atoms with Crippen molar-refractivity contribution in [1.82, 2.24) is 14.9 Å². The minimum Gasteiger partial charge on any atom is -0.492 e. The molecule has 0 saturated carbocycles. The fourth-order valence-electron chi connectivity index (χ4n) is 4.30. The standard InChI is InChI=1S/C25H29N5O3/c31-19-16-30(17-19)24(32)18-7-6-8-20(15-18)33-14-11-26-23-21-9-2-3-10-22(21)27-25(28-23)29-12-4-1-5-13-29/h2-3,6-10,15,19,31H,1,4-5,11-14,16-17H2,(H,26,27,28). The lowest BCUT2D eigenvalue weighted by Gasteiger charge is -2.35. The van der Waals surface area contributed by atoms with Crippen LogP contribution in [0, 0.1) is 0 Å². The molecular weight excluding hydrogens is 418 g/mol. The summed E-state index contributed by atoms with van der Waals surface area (Å²) in [5.74, 6) is 2.15. The Hall–Kier alpha value is -3.39. The monoisotopic (exact) mass is 447 g/mol. The Morgan fingerprint density at radius 3 is 2.70 bits per heavy atom. The van der Waals surface area contributed by atoms with Crippen LogP contribution in [0.5, 0.6) is 5.75 Å². The number of benzene rings is 2. The van der Waals surface area contributed by atoms with Crippen molar-refractivity contribution >= 4 is 28.6 Å². The number of ether oxygens (including phenoxy) is 1. The lowest BCUT2D eigenvalue weighted by Crippen LogP contribution is -2.53. The predicted octanol–water partition coefficient (Wildman–Crippen LogP) is 2.93. The number of rotatable bonds is 7. The molecule has 0 aliphatic carbocycles. The highest BCUT2D eigenvalue weighted by Gasteiger charge is 2.29. The number of hydrogen-bond acceptors (Lipinski definition) is 7. The number of hydrogen-bond donors (Lipinski definition) is 2. The number of likely N-dealkylation sites (tertiary alicyclic amines) is 1. The summed E-state index contributed by atoms with van der Waals surface area (Å²) in [5.41, 5.74) is 1.50. The van der Waals surface area contributed by atoms with Crippen molar-refractivity contribution in [3.8, 4) is 5.75 Å². The van der Waals surface area contributed by atoms with E-state index in [0.717, 1.165) is 35.8 Å². The number of β-amino-alcohol motifs (C(OH)–C–C–N with tert-alkyl or cyclic N) is 1. The minimum absolute atomic E-state index is 0.0819. The van der Waals surface area contributed by atoms with Gasteiger partial charge in [0.15, 0.2) is 0 Å². The molecule has 33 heavy (non-hydrogen) atoms. The van der Waals surface area contributed by atoms with Crippen LogP contribution in [-0.2, 0) is 0 Å². The molecule has 0 atom stereocenters. The molecule has 1 aromatic heterocycles. The molecule has 8 heteroatoms. The van der Waals surface area contributed by atoms with Crippen molar-refractivity contribution < 1.29 is 14.6 Å². The molecule has 5 rings (SSSR count). The Bertz CT molecular complexity index is 1130. The lowest BCUT2D eigenvalue weighted by atomic mass is 10.1. The van der Waals surface area contributed by atoms with Gasteiger partial charge in [0.1, 0.15) is 18.2 Å². The zero-order chi connectivity index (χ0) is 22.6. The third kappa shape index (κ3) is 4.85. The average Bonchev–Trinajstić information content (AvgIpc) is 2.85. The number of nitrogens with one attached hydrogen (secondary N) is 1. The summed E-state index contributed by atoms with van der Waals surface area (Å²) in [6.45, 7) is 3.76. The molecule has 2 aromatic carbocycles. The number of nitrogens with zero attached hydrogens (tertiary/aromatic N) is 4. The van der Waals surface area contributed by atoms with E-state index in [1.807, 2.05) is 36.4 Å². The molecule has 2 aliphatic rings. The molecular formula is C25H29N5O3. The fraction of sp³-hybridized carbons (Fsp3) is 0.400. The quantitative estimate of drug-likeness (QED) is 0.538. The van der Waals surface area contributed by atoms with Crippen molar-refractivity contribution in [2.45, 2.75) is 25.4 Å². The third-order valence-corrected chi connectivity index (χ3v) is 6.12. The number of fused-ring (bicyclic) bond motifs is 1. The summed E-state index contributed by atoms with van der Waals surface area (Å²) in [7, 11) is 0. The topological polar surface area (TPSA) is 90.8 Å². The number of aromatic nitrogens is 2. The van der Waals surface area contributed by atoms with E-state index < -0.39 is 6.10 Å². The van der Waals surface area contributed by atoms with Crippen LogP contribution in [0.25, 0.3) is 10.9 Å². The molecule has 0 unspecified atom stereocenters. The Labute approximate surface area is 193 Å². The van der Waals surface area contributed by atoms with Gasteiger partial charge in [-0.05, 0) is 49.6 Å². The summed E-state index contributed by atoms with van der Waals surface area (Å²) in [5, 5.41) is 13.8. The second-order valence-electron chi connectivity index (χ2n) is 8.60. The number of amides is 1. The molecule has 8 nitrogen and oxygen atoms in total. The highest BCUT2D eigenvalue weighted by atomic mass is 16.5. The Morgan fingerprint density at radius 2 is 1.88 bits per heavy atom. The number of piperidine rings is 1. The maximum absolute atomic E-state index is 12.5. The van der Waals surface area contributed by atoms with E-state index in [-0.39, 0.29) is 5.91 Å². The fourth-order valence-corrected chi connectivity index (χ4v) is 4.30. The van der Waals surface area contributed by atoms with Gasteiger partial charge >= 0.3 is 0 Å². The Morgan fingerprint density at radius 1 is 1.06 bits per heavy atom. The van der Waals surface area contributed by atoms with Crippen molar-refractivity contribution in [2.24, 2.45) is 0 Å². The van der Waals surface area contributed by atoms with E-state index in [1.165, 1.54) is 19.3 Å². The summed E-state index contributed by atoms with van der Waals surface area (Å²) in [4.78, 5) is 26.0. The van der Waals surface area contributed by atoms with Crippen LogP contribution in [0.4, 0.5) is 11.8 Å². The molecule has 3 heterocycles. The van der Waals surface area contributed by atoms with Crippen LogP contribution in [0.15, 0.2) is 48.5 Å². The minimum atomic E-state index is -0.409. The summed E-state index contributed by atoms with van der Waals surface area (Å²) in [6.07, 6.45) is 3.20. The van der Waals surface area contributed by atoms with Crippen LogP contribution in [-0.4, -0.2) is 71.3 Å². The normalized spacial score (nSPS) is 16.5. The van der Waals surface area contributed by atoms with Gasteiger partial charge in [0.05, 0.1) is 18.2 Å². The Kier molecular flexibility index (Phi) is 6.26. The first kappa shape index (κ1) is 21.5. The summed E-state index contributed by atoms with van der Waals surface area (Å²) < 4.78 is 5.89. The van der Waals surface area contributed by atoms with E-state index in [1.54, 1.807) is 17.0 Å². The first-order valence-corrected chi connectivity index (χ1v) is 11.6. The molecule has 2 fully saturated rings. The van der Waals surface area contributed by atoms with Crippen molar-refractivity contribution in [3.05, 3.63) is 54.1 Å². The maximum Gasteiger partial charge on any atom is 0.254 e. The first-order chi connectivity index (χ1) is 16.2. The van der Waals surface area contributed by atoms with E-state index >= 15 is 0 Å². The van der Waals surface area contributed by atoms with E-state index in [2.05, 4.69) is 10.2 Å². The van der Waals surface area contributed by atoms with Gasteiger partial charge < -0.3 is 25.0 Å². The largest absolute Gasteiger partial charge is 0.492 e. The van der Waals surface area contributed by atoms with Gasteiger partial charge in [-0.3, -0.25) is 4.79 Å². The molecule has 172 valence electrons. The van der Waals surface area contributed by atoms with E-state index in [0.29, 0.717) is 37.6 Å². The van der Waals surface area contributed by atoms with Gasteiger partial charge in [-0.2, -0.15) is 4.98 Å². The van der Waals surface area contributed by atoms with E-state index in [4.69, 9.17) is 14.7 Å². The molecule has 3 aromatic rings. The van der Waals surface area contributed by atoms with Crippen molar-refractivity contribution in [1.29, 1.82) is 0 Å². The highest BCUT2D eigenvalue weighted by molar-refractivity contribution is 5.95. The second kappa shape index (κ2) is 9.62. The Balaban J connectivity index is 1.22. The van der Waals surface area contributed by atoms with Crippen LogP contribution < -0.4 is 15.0 Å². The van der Waals surface area contributed by atoms with Crippen LogP contribution in [0.3, 0.4) is 0 Å². The smallest absolute Gasteiger partial charge is 0.254 e. The number of para-hydroxylation sites is 1. The molecule has 1 amide bonds. The SMILES string of the molecule is O=C(c1cccc(OCCNc2nc(N3CCCCC3)nc3ccccc23)c1)N1CC(O)C1. The van der Waals surface area contributed by atoms with Gasteiger partial charge in [0.25, 0.3) is 5.91 Å². The van der Waals surface area contributed by atoms with Gasteiger partial charge in [0.2, 0.25) is 5.95 Å². The van der Waals surface area contributed by atoms with Crippen LogP contribution >= 0.6 is 0 Å². The number of aliphatic hydroxyl groups is 1. The second-order valence-corrected chi connectivity index (χ2v) is 8.60. The van der Waals surface area contributed by atoms with Gasteiger partial charge in [-0.25, -0.2) is 4.98 Å². The number of anilines is 2. The van der Waals surface area contributed by atoms with Crippen molar-refractivity contribution in [2.75, 3.05) is 49.5 Å². The van der Waals surface area contributed by atoms with Crippen LogP contribution in [0.2, 0.25) is 0 Å². The first-order valence-electron chi connectivity index (χ1n) is 11.6. The molecule has 2 saturated heterocycles. The third-order valence-electron chi connectivity index (χ3n) is 6.12. The molecule has 0 bridgehead atoms. The van der Waals surface area contributed by atoms with Crippen molar-refractivity contribution in [3.63, 3.8) is 0 Å². The molecule has 0 radical (unpaired) electrons. The number of aliphatic hydroxyl groups excluding tert-OH is 1. The average molecular weight is 448 g/mol. The molecule has 2 aliphatic heterocycles. The lowest BCUT2D eigenvalue weighted by molar-refractivity contribution is 0.00587. The molecule has 2 N–H and O–H groups in total. The summed E-state index contributed by atoms with van der Waals surface area (Å²) in [6, 6.07) is 15.2. The van der Waals surface area contributed by atoms with E-state index in [9.17, 15) is 9.90 Å². The zero-order valence-corrected chi connectivity index (χ0v) is 18.6. The predicted molar refractivity (Wildman–Crippen MR) is 128 cm³/mol. The zero-order valence-electron chi connectivity index (χ0n) is 18.6. The van der Waals surface area contributed by atoms with Gasteiger partial charge in [-0.1, -0.05) is 18.2 Å². The van der Waals surface area contributed by atoms with Gasteiger partial charge in [-0.15, -0.1) is 0 Å². The highest BCUT2D eigenvalue weighted by Crippen LogP contribution is 2.25. The summed E-state index contributed by atoms with van der Waals surface area (Å²) >= 11 is 0. The maximum atomic E-state index is 12.5. The number of carbonyl (C=O) groups excluding carboxylic acids is 1. The van der Waals surface area contributed by atoms with Gasteiger partial charge in [0, 0.05) is 37.1 Å². The number of carbonyl (C=O) groups is 1. The molecule has 0 spiro atoms.